The van der Waals surface area contributed by atoms with Gasteiger partial charge in [-0.2, -0.15) is 0 Å². The number of nitrogens with zero attached hydrogens (tertiary/aromatic N) is 4. The van der Waals surface area contributed by atoms with Crippen molar-refractivity contribution in [2.75, 3.05) is 19.6 Å². The molecule has 0 bridgehead atoms. The van der Waals surface area contributed by atoms with Gasteiger partial charge in [0.15, 0.2) is 11.6 Å². The normalized spacial score (nSPS) is 23.5. The second-order valence-corrected chi connectivity index (χ2v) is 7.74. The SMILES string of the molecule is Cn1ccnc1CN1CCC2(CCCN(Cc3cccc(F)c3F)C2=O)C1. The Morgan fingerprint density at radius 1 is 1.19 bits per heavy atom. The molecule has 0 aliphatic carbocycles. The molecule has 3 heterocycles. The Bertz CT molecular complexity index is 852. The molecular formula is C20H24F2N4O. The quantitative estimate of drug-likeness (QED) is 0.826. The largest absolute Gasteiger partial charge is 0.338 e. The Balaban J connectivity index is 1.47. The van der Waals surface area contributed by atoms with E-state index in [0.29, 0.717) is 13.1 Å². The van der Waals surface area contributed by atoms with Gasteiger partial charge >= 0.3 is 0 Å². The second-order valence-electron chi connectivity index (χ2n) is 7.74. The van der Waals surface area contributed by atoms with E-state index in [9.17, 15) is 13.6 Å². The first-order valence-corrected chi connectivity index (χ1v) is 9.39. The van der Waals surface area contributed by atoms with Gasteiger partial charge in [0.25, 0.3) is 0 Å². The van der Waals surface area contributed by atoms with Gasteiger partial charge in [0, 0.05) is 44.6 Å². The van der Waals surface area contributed by atoms with Crippen molar-refractivity contribution in [3.05, 3.63) is 53.6 Å². The van der Waals surface area contributed by atoms with Crippen molar-refractivity contribution in [3.63, 3.8) is 0 Å². The van der Waals surface area contributed by atoms with Crippen LogP contribution in [0.3, 0.4) is 0 Å². The number of piperidine rings is 1. The first-order chi connectivity index (χ1) is 13.0. The predicted octanol–water partition coefficient (Wildman–Crippen LogP) is 2.71. The molecule has 0 radical (unpaired) electrons. The van der Waals surface area contributed by atoms with Crippen molar-refractivity contribution in [2.45, 2.75) is 32.4 Å². The lowest BCUT2D eigenvalue weighted by Crippen LogP contribution is -2.49. The third-order valence-corrected chi connectivity index (χ3v) is 5.94. The van der Waals surface area contributed by atoms with Crippen LogP contribution in [-0.2, 0) is 24.9 Å². The summed E-state index contributed by atoms with van der Waals surface area (Å²) in [6.45, 7) is 2.98. The summed E-state index contributed by atoms with van der Waals surface area (Å²) < 4.78 is 29.5. The van der Waals surface area contributed by atoms with Crippen LogP contribution in [0.25, 0.3) is 0 Å². The summed E-state index contributed by atoms with van der Waals surface area (Å²) in [5.74, 6) is -0.671. The van der Waals surface area contributed by atoms with Gasteiger partial charge < -0.3 is 9.47 Å². The Labute approximate surface area is 157 Å². The van der Waals surface area contributed by atoms with Crippen molar-refractivity contribution in [3.8, 4) is 0 Å². The molecule has 1 aromatic heterocycles. The zero-order valence-electron chi connectivity index (χ0n) is 15.5. The molecule has 5 nitrogen and oxygen atoms in total. The highest BCUT2D eigenvalue weighted by atomic mass is 19.2. The molecule has 2 aliphatic rings. The summed E-state index contributed by atoms with van der Waals surface area (Å²) in [4.78, 5) is 21.6. The van der Waals surface area contributed by atoms with Crippen LogP contribution in [0.1, 0.15) is 30.7 Å². The van der Waals surface area contributed by atoms with Gasteiger partial charge in [0.05, 0.1) is 12.0 Å². The number of likely N-dealkylation sites (tertiary alicyclic amines) is 2. The topological polar surface area (TPSA) is 41.4 Å². The van der Waals surface area contributed by atoms with E-state index in [4.69, 9.17) is 0 Å². The highest BCUT2D eigenvalue weighted by molar-refractivity contribution is 5.84. The number of hydrogen-bond acceptors (Lipinski definition) is 3. The van der Waals surface area contributed by atoms with Crippen molar-refractivity contribution in [1.82, 2.24) is 19.4 Å². The average Bonchev–Trinajstić information content (AvgIpc) is 3.24. The number of amides is 1. The van der Waals surface area contributed by atoms with Gasteiger partial charge in [-0.15, -0.1) is 0 Å². The van der Waals surface area contributed by atoms with E-state index in [1.54, 1.807) is 17.2 Å². The minimum atomic E-state index is -0.867. The fraction of sp³-hybridized carbons (Fsp3) is 0.500. The van der Waals surface area contributed by atoms with Gasteiger partial charge in [-0.05, 0) is 31.9 Å². The van der Waals surface area contributed by atoms with Crippen LogP contribution in [0.4, 0.5) is 8.78 Å². The maximum Gasteiger partial charge on any atom is 0.230 e. The molecule has 1 unspecified atom stereocenters. The fourth-order valence-corrected chi connectivity index (χ4v) is 4.40. The van der Waals surface area contributed by atoms with Gasteiger partial charge in [0.1, 0.15) is 5.82 Å². The molecule has 1 aromatic carbocycles. The molecule has 144 valence electrons. The third kappa shape index (κ3) is 3.36. The fourth-order valence-electron chi connectivity index (χ4n) is 4.40. The Morgan fingerprint density at radius 2 is 2.04 bits per heavy atom. The molecule has 2 aliphatic heterocycles. The minimum absolute atomic E-state index is 0.0692. The standard InChI is InChI=1S/C20H24F2N4O/c1-24-11-8-23-17(24)13-25-10-7-20(14-25)6-3-9-26(19(20)27)12-15-4-2-5-16(21)18(15)22/h2,4-5,8,11H,3,6-7,9-10,12-14H2,1H3. The number of benzene rings is 1. The molecule has 2 fully saturated rings. The van der Waals surface area contributed by atoms with Gasteiger partial charge in [-0.3, -0.25) is 9.69 Å². The van der Waals surface area contributed by atoms with Crippen molar-refractivity contribution >= 4 is 5.91 Å². The van der Waals surface area contributed by atoms with Crippen LogP contribution in [0.15, 0.2) is 30.6 Å². The average molecular weight is 374 g/mol. The van der Waals surface area contributed by atoms with Gasteiger partial charge in [-0.25, -0.2) is 13.8 Å². The molecular weight excluding hydrogens is 350 g/mol. The van der Waals surface area contributed by atoms with Crippen LogP contribution >= 0.6 is 0 Å². The Morgan fingerprint density at radius 3 is 2.81 bits per heavy atom. The van der Waals surface area contributed by atoms with Gasteiger partial charge in [0.2, 0.25) is 5.91 Å². The molecule has 0 N–H and O–H groups in total. The van der Waals surface area contributed by atoms with Gasteiger partial charge in [-0.1, -0.05) is 12.1 Å². The van der Waals surface area contributed by atoms with Crippen molar-refractivity contribution < 1.29 is 13.6 Å². The Kier molecular flexibility index (Phi) is 4.72. The lowest BCUT2D eigenvalue weighted by atomic mass is 9.78. The highest BCUT2D eigenvalue weighted by Gasteiger charge is 2.48. The zero-order valence-corrected chi connectivity index (χ0v) is 15.5. The predicted molar refractivity (Wildman–Crippen MR) is 96.5 cm³/mol. The van der Waals surface area contributed by atoms with E-state index in [1.807, 2.05) is 17.8 Å². The zero-order chi connectivity index (χ0) is 19.0. The summed E-state index contributed by atoms with van der Waals surface area (Å²) in [5.41, 5.74) is -0.170. The number of aromatic nitrogens is 2. The molecule has 4 rings (SSSR count). The van der Waals surface area contributed by atoms with E-state index < -0.39 is 17.0 Å². The summed E-state index contributed by atoms with van der Waals surface area (Å²) in [6, 6.07) is 4.14. The molecule has 1 amide bonds. The number of hydrogen-bond donors (Lipinski definition) is 0. The maximum atomic E-state index is 14.0. The third-order valence-electron chi connectivity index (χ3n) is 5.94. The van der Waals surface area contributed by atoms with Crippen LogP contribution in [0.2, 0.25) is 0 Å². The van der Waals surface area contributed by atoms with E-state index in [1.165, 1.54) is 6.07 Å². The number of carbonyl (C=O) groups excluding carboxylic acids is 1. The maximum absolute atomic E-state index is 14.0. The summed E-state index contributed by atoms with van der Waals surface area (Å²) in [7, 11) is 1.97. The van der Waals surface area contributed by atoms with E-state index in [0.717, 1.165) is 44.2 Å². The van der Waals surface area contributed by atoms with E-state index in [-0.39, 0.29) is 18.0 Å². The monoisotopic (exact) mass is 374 g/mol. The molecule has 1 spiro atoms. The van der Waals surface area contributed by atoms with Crippen molar-refractivity contribution in [2.24, 2.45) is 12.5 Å². The Hall–Kier alpha value is -2.28. The van der Waals surface area contributed by atoms with E-state index >= 15 is 0 Å². The lowest BCUT2D eigenvalue weighted by Gasteiger charge is -2.39. The lowest BCUT2D eigenvalue weighted by molar-refractivity contribution is -0.146. The number of halogens is 2. The molecule has 1 atom stereocenters. The number of rotatable bonds is 4. The van der Waals surface area contributed by atoms with Crippen LogP contribution in [0, 0.1) is 17.0 Å². The number of aryl methyl sites for hydroxylation is 1. The van der Waals surface area contributed by atoms with E-state index in [2.05, 4.69) is 9.88 Å². The number of imidazole rings is 1. The van der Waals surface area contributed by atoms with Crippen LogP contribution in [0.5, 0.6) is 0 Å². The summed E-state index contributed by atoms with van der Waals surface area (Å²) >= 11 is 0. The molecule has 2 saturated heterocycles. The molecule has 27 heavy (non-hydrogen) atoms. The van der Waals surface area contributed by atoms with Crippen molar-refractivity contribution in [1.29, 1.82) is 0 Å². The second kappa shape index (κ2) is 7.03. The summed E-state index contributed by atoms with van der Waals surface area (Å²) in [6.07, 6.45) is 6.24. The minimum Gasteiger partial charge on any atom is -0.338 e. The first-order valence-electron chi connectivity index (χ1n) is 9.39. The smallest absolute Gasteiger partial charge is 0.230 e. The summed E-state index contributed by atoms with van der Waals surface area (Å²) in [5, 5.41) is 0. The highest BCUT2D eigenvalue weighted by Crippen LogP contribution is 2.41. The first kappa shape index (κ1) is 18.1. The van der Waals surface area contributed by atoms with Crippen LogP contribution < -0.4 is 0 Å². The van der Waals surface area contributed by atoms with Crippen LogP contribution in [-0.4, -0.2) is 44.9 Å². The molecule has 7 heteroatoms. The molecule has 0 saturated carbocycles. The number of carbonyl (C=O) groups is 1. The molecule has 2 aromatic rings.